The maximum absolute atomic E-state index is 12.7. The summed E-state index contributed by atoms with van der Waals surface area (Å²) in [4.78, 5) is 22.9. The third-order valence-corrected chi connectivity index (χ3v) is 5.86. The van der Waals surface area contributed by atoms with Crippen LogP contribution in [0.5, 0.6) is 11.5 Å². The number of phenolic OH excluding ortho intramolecular Hbond substituents is 2. The highest BCUT2D eigenvalue weighted by molar-refractivity contribution is 7.90. The van der Waals surface area contributed by atoms with Gasteiger partial charge in [0.15, 0.2) is 6.29 Å². The molecule has 30 heavy (non-hydrogen) atoms. The predicted octanol–water partition coefficient (Wildman–Crippen LogP) is 3.02. The molecule has 0 fully saturated rings. The van der Waals surface area contributed by atoms with E-state index >= 15 is 0 Å². The van der Waals surface area contributed by atoms with Crippen molar-refractivity contribution in [2.75, 3.05) is 0 Å². The summed E-state index contributed by atoms with van der Waals surface area (Å²) >= 11 is 0. The van der Waals surface area contributed by atoms with Gasteiger partial charge in [0.05, 0.1) is 11.1 Å². The lowest BCUT2D eigenvalue weighted by molar-refractivity contribution is -0.119. The molecule has 7 nitrogen and oxygen atoms in total. The summed E-state index contributed by atoms with van der Waals surface area (Å²) in [7, 11) is -4.49. The monoisotopic (exact) mass is 425 g/mol. The zero-order valence-electron chi connectivity index (χ0n) is 15.8. The quantitative estimate of drug-likeness (QED) is 0.501. The van der Waals surface area contributed by atoms with Crippen molar-refractivity contribution in [2.24, 2.45) is 0 Å². The second-order valence-corrected chi connectivity index (χ2v) is 8.19. The van der Waals surface area contributed by atoms with Crippen molar-refractivity contribution in [1.29, 1.82) is 0 Å². The van der Waals surface area contributed by atoms with Crippen LogP contribution in [0.2, 0.25) is 0 Å². The number of hydrogen-bond acceptors (Lipinski definition) is 6. The topological polar surface area (TPSA) is 121 Å². The van der Waals surface area contributed by atoms with E-state index in [1.807, 2.05) is 35.1 Å². The highest BCUT2D eigenvalue weighted by Gasteiger charge is 2.27. The summed E-state index contributed by atoms with van der Waals surface area (Å²) in [6.07, 6.45) is 0.518. The van der Waals surface area contributed by atoms with Crippen LogP contribution in [0.4, 0.5) is 0 Å². The molecule has 154 valence electrons. The van der Waals surface area contributed by atoms with E-state index in [0.717, 1.165) is 11.6 Å². The van der Waals surface area contributed by atoms with Crippen molar-refractivity contribution in [3.05, 3.63) is 77.9 Å². The number of phenols is 2. The molecule has 0 saturated heterocycles. The van der Waals surface area contributed by atoms with Crippen LogP contribution in [0.15, 0.2) is 71.6 Å². The lowest BCUT2D eigenvalue weighted by Gasteiger charge is -2.15. The molecule has 3 rings (SSSR count). The molecule has 1 amide bonds. The molecule has 0 heterocycles. The second kappa shape index (κ2) is 8.79. The minimum absolute atomic E-state index is 0.0891. The molecule has 0 aliphatic heterocycles. The van der Waals surface area contributed by atoms with Crippen molar-refractivity contribution in [1.82, 2.24) is 4.72 Å². The van der Waals surface area contributed by atoms with Gasteiger partial charge >= 0.3 is 0 Å². The van der Waals surface area contributed by atoms with Gasteiger partial charge in [-0.3, -0.25) is 9.59 Å². The Balaban J connectivity index is 1.93. The number of hydrogen-bond donors (Lipinski definition) is 3. The van der Waals surface area contributed by atoms with E-state index in [1.54, 1.807) is 18.2 Å². The Labute approximate surface area is 173 Å². The second-order valence-electron chi connectivity index (χ2n) is 6.53. The molecule has 0 aliphatic rings. The summed E-state index contributed by atoms with van der Waals surface area (Å²) in [6, 6.07) is 17.9. The Hall–Kier alpha value is -3.65. The molecule has 0 spiro atoms. The SMILES string of the molecule is O=Cc1cc(S(=O)(=O)NC(=O)CCc2ccccc2)c(O)c(-c2ccccc2)c1O. The van der Waals surface area contributed by atoms with E-state index in [2.05, 4.69) is 0 Å². The van der Waals surface area contributed by atoms with Gasteiger partial charge in [0, 0.05) is 6.42 Å². The number of aryl methyl sites for hydroxylation is 1. The molecule has 0 unspecified atom stereocenters. The largest absolute Gasteiger partial charge is 0.506 e. The number of nitrogens with one attached hydrogen (secondary N) is 1. The molecule has 0 bridgehead atoms. The number of aromatic hydroxyl groups is 2. The van der Waals surface area contributed by atoms with Crippen LogP contribution in [0.3, 0.4) is 0 Å². The first-order valence-electron chi connectivity index (χ1n) is 9.02. The molecule has 0 radical (unpaired) electrons. The Morgan fingerprint density at radius 1 is 0.933 bits per heavy atom. The van der Waals surface area contributed by atoms with Crippen molar-refractivity contribution >= 4 is 22.2 Å². The summed E-state index contributed by atoms with van der Waals surface area (Å²) < 4.78 is 27.4. The Kier molecular flexibility index (Phi) is 6.17. The molecule has 0 saturated carbocycles. The van der Waals surface area contributed by atoms with E-state index < -0.39 is 32.3 Å². The number of rotatable bonds is 7. The third kappa shape index (κ3) is 4.49. The van der Waals surface area contributed by atoms with Gasteiger partial charge < -0.3 is 10.2 Å². The maximum Gasteiger partial charge on any atom is 0.267 e. The Bertz CT molecular complexity index is 1180. The fourth-order valence-corrected chi connectivity index (χ4v) is 4.14. The summed E-state index contributed by atoms with van der Waals surface area (Å²) in [5.41, 5.74) is 0.635. The van der Waals surface area contributed by atoms with Crippen LogP contribution in [-0.4, -0.2) is 30.8 Å². The minimum Gasteiger partial charge on any atom is -0.506 e. The molecule has 3 N–H and O–H groups in total. The Morgan fingerprint density at radius 3 is 2.13 bits per heavy atom. The molecule has 3 aromatic carbocycles. The third-order valence-electron chi connectivity index (χ3n) is 4.48. The van der Waals surface area contributed by atoms with E-state index in [9.17, 15) is 28.2 Å². The number of carbonyl (C=O) groups excluding carboxylic acids is 2. The van der Waals surface area contributed by atoms with Crippen molar-refractivity contribution in [2.45, 2.75) is 17.7 Å². The van der Waals surface area contributed by atoms with E-state index in [1.165, 1.54) is 12.1 Å². The standard InChI is InChI=1S/C22H19NO6S/c24-14-17-13-18(22(27)20(21(17)26)16-9-5-2-6-10-16)30(28,29)23-19(25)12-11-15-7-3-1-4-8-15/h1-10,13-14,26-27H,11-12H2,(H,23,25). The number of sulfonamides is 1. The lowest BCUT2D eigenvalue weighted by Crippen LogP contribution is -2.31. The Morgan fingerprint density at radius 2 is 1.53 bits per heavy atom. The normalized spacial score (nSPS) is 11.1. The predicted molar refractivity (Wildman–Crippen MR) is 111 cm³/mol. The van der Waals surface area contributed by atoms with Crippen LogP contribution >= 0.6 is 0 Å². The van der Waals surface area contributed by atoms with Gasteiger partial charge in [-0.25, -0.2) is 13.1 Å². The first-order chi connectivity index (χ1) is 14.3. The van der Waals surface area contributed by atoms with Crippen LogP contribution in [0, 0.1) is 0 Å². The van der Waals surface area contributed by atoms with Gasteiger partial charge in [0.1, 0.15) is 16.4 Å². The average Bonchev–Trinajstić information content (AvgIpc) is 2.73. The highest BCUT2D eigenvalue weighted by atomic mass is 32.2. The van der Waals surface area contributed by atoms with Crippen LogP contribution < -0.4 is 4.72 Å². The molecule has 3 aromatic rings. The molecular formula is C22H19NO6S. The van der Waals surface area contributed by atoms with Crippen molar-refractivity contribution < 1.29 is 28.2 Å². The van der Waals surface area contributed by atoms with Gasteiger partial charge in [0.2, 0.25) is 5.91 Å². The number of amides is 1. The van der Waals surface area contributed by atoms with Crippen LogP contribution in [-0.2, 0) is 21.2 Å². The van der Waals surface area contributed by atoms with E-state index in [-0.39, 0.29) is 23.8 Å². The smallest absolute Gasteiger partial charge is 0.267 e. The number of aldehydes is 1. The van der Waals surface area contributed by atoms with Crippen molar-refractivity contribution in [3.63, 3.8) is 0 Å². The number of carbonyl (C=O) groups is 2. The molecule has 0 aromatic heterocycles. The summed E-state index contributed by atoms with van der Waals surface area (Å²) in [5.74, 6) is -2.07. The molecule has 0 atom stereocenters. The summed E-state index contributed by atoms with van der Waals surface area (Å²) in [6.45, 7) is 0. The first-order valence-corrected chi connectivity index (χ1v) is 10.5. The van der Waals surface area contributed by atoms with Gasteiger partial charge in [-0.1, -0.05) is 60.7 Å². The fourth-order valence-electron chi connectivity index (χ4n) is 2.99. The molecular weight excluding hydrogens is 406 g/mol. The highest BCUT2D eigenvalue weighted by Crippen LogP contribution is 2.43. The van der Waals surface area contributed by atoms with Crippen molar-refractivity contribution in [3.8, 4) is 22.6 Å². The summed E-state index contributed by atoms with van der Waals surface area (Å²) in [5, 5.41) is 20.9. The average molecular weight is 425 g/mol. The van der Waals surface area contributed by atoms with Gasteiger partial charge in [-0.15, -0.1) is 0 Å². The van der Waals surface area contributed by atoms with Gasteiger partial charge in [-0.05, 0) is 23.6 Å². The molecule has 0 aliphatic carbocycles. The fraction of sp³-hybridized carbons (Fsp3) is 0.0909. The van der Waals surface area contributed by atoms with Crippen LogP contribution in [0.1, 0.15) is 22.3 Å². The number of benzene rings is 3. The maximum atomic E-state index is 12.7. The first kappa shape index (κ1) is 21.1. The van der Waals surface area contributed by atoms with Gasteiger partial charge in [-0.2, -0.15) is 0 Å². The van der Waals surface area contributed by atoms with Crippen LogP contribution in [0.25, 0.3) is 11.1 Å². The zero-order chi connectivity index (χ0) is 21.7. The zero-order valence-corrected chi connectivity index (χ0v) is 16.6. The lowest BCUT2D eigenvalue weighted by atomic mass is 10.0. The van der Waals surface area contributed by atoms with E-state index in [4.69, 9.17) is 0 Å². The molecule has 8 heteroatoms. The van der Waals surface area contributed by atoms with E-state index in [0.29, 0.717) is 12.0 Å². The van der Waals surface area contributed by atoms with Gasteiger partial charge in [0.25, 0.3) is 10.0 Å². The minimum atomic E-state index is -4.49.